The summed E-state index contributed by atoms with van der Waals surface area (Å²) in [6, 6.07) is 13.6. The molecule has 0 bridgehead atoms. The average molecular weight is 380 g/mol. The van der Waals surface area contributed by atoms with Gasteiger partial charge in [-0.1, -0.05) is 18.2 Å². The molecule has 0 spiro atoms. The third kappa shape index (κ3) is 3.82. The number of ether oxygens (including phenoxy) is 1. The molecule has 0 radical (unpaired) electrons. The van der Waals surface area contributed by atoms with Gasteiger partial charge in [0.25, 0.3) is 0 Å². The van der Waals surface area contributed by atoms with E-state index in [4.69, 9.17) is 9.84 Å². The van der Waals surface area contributed by atoms with Crippen molar-refractivity contribution in [3.63, 3.8) is 0 Å². The zero-order valence-electron chi connectivity index (χ0n) is 16.0. The van der Waals surface area contributed by atoms with Crippen molar-refractivity contribution in [1.29, 1.82) is 0 Å². The van der Waals surface area contributed by atoms with Crippen LogP contribution in [0.15, 0.2) is 42.5 Å². The summed E-state index contributed by atoms with van der Waals surface area (Å²) in [7, 11) is 0. The van der Waals surface area contributed by atoms with Crippen molar-refractivity contribution >= 4 is 23.1 Å². The molecule has 146 valence electrons. The number of para-hydroxylation sites is 1. The van der Waals surface area contributed by atoms with Gasteiger partial charge in [-0.2, -0.15) is 4.52 Å². The molecule has 1 amide bonds. The summed E-state index contributed by atoms with van der Waals surface area (Å²) in [6.07, 6.45) is 0.843. The van der Waals surface area contributed by atoms with Gasteiger partial charge in [0.1, 0.15) is 5.82 Å². The molecule has 3 heterocycles. The van der Waals surface area contributed by atoms with Crippen LogP contribution in [0.2, 0.25) is 0 Å². The first-order valence-corrected chi connectivity index (χ1v) is 9.65. The lowest BCUT2D eigenvalue weighted by atomic mass is 10.2. The van der Waals surface area contributed by atoms with Crippen LogP contribution in [0.4, 0.5) is 11.5 Å². The van der Waals surface area contributed by atoms with Crippen molar-refractivity contribution in [3.05, 3.63) is 48.3 Å². The zero-order chi connectivity index (χ0) is 19.3. The summed E-state index contributed by atoms with van der Waals surface area (Å²) in [5.41, 5.74) is 1.60. The van der Waals surface area contributed by atoms with Crippen LogP contribution in [0.25, 0.3) is 5.65 Å². The largest absolute Gasteiger partial charge is 0.378 e. The number of aryl methyl sites for hydroxylation is 1. The fraction of sp³-hybridized carbons (Fsp3) is 0.400. The number of aromatic nitrogens is 4. The average Bonchev–Trinajstić information content (AvgIpc) is 3.16. The maximum atomic E-state index is 12.7. The molecule has 0 N–H and O–H groups in total. The van der Waals surface area contributed by atoms with Crippen LogP contribution in [0.3, 0.4) is 0 Å². The van der Waals surface area contributed by atoms with E-state index in [2.05, 4.69) is 15.1 Å². The van der Waals surface area contributed by atoms with E-state index in [-0.39, 0.29) is 5.91 Å². The molecule has 1 aliphatic heterocycles. The maximum absolute atomic E-state index is 12.7. The second-order valence-corrected chi connectivity index (χ2v) is 6.65. The smallest absolute Gasteiger partial charge is 0.227 e. The van der Waals surface area contributed by atoms with E-state index in [1.807, 2.05) is 49.4 Å². The lowest BCUT2D eigenvalue weighted by Gasteiger charge is -2.27. The van der Waals surface area contributed by atoms with E-state index in [0.717, 1.165) is 24.6 Å². The first kappa shape index (κ1) is 18.4. The summed E-state index contributed by atoms with van der Waals surface area (Å²) in [5.74, 6) is 1.64. The van der Waals surface area contributed by atoms with Gasteiger partial charge in [-0.05, 0) is 31.2 Å². The molecule has 0 unspecified atom stereocenters. The summed E-state index contributed by atoms with van der Waals surface area (Å²) < 4.78 is 7.16. The standard InChI is InChI=1S/C20H24N6O2/c1-2-25(16-6-4-3-5-7-16)20(27)11-10-18-22-21-17-8-9-19(23-26(17)18)24-12-14-28-15-13-24/h3-9H,2,10-15H2,1H3. The number of anilines is 2. The van der Waals surface area contributed by atoms with Gasteiger partial charge >= 0.3 is 0 Å². The molecule has 28 heavy (non-hydrogen) atoms. The Hall–Kier alpha value is -3.00. The Morgan fingerprint density at radius 3 is 2.64 bits per heavy atom. The highest BCUT2D eigenvalue weighted by Crippen LogP contribution is 2.17. The molecule has 2 aromatic heterocycles. The van der Waals surface area contributed by atoms with Crippen LogP contribution in [-0.2, 0) is 16.0 Å². The van der Waals surface area contributed by atoms with Crippen molar-refractivity contribution in [3.8, 4) is 0 Å². The fourth-order valence-electron chi connectivity index (χ4n) is 3.41. The van der Waals surface area contributed by atoms with E-state index in [9.17, 15) is 4.79 Å². The topological polar surface area (TPSA) is 75.9 Å². The van der Waals surface area contributed by atoms with Crippen LogP contribution in [-0.4, -0.2) is 58.6 Å². The third-order valence-corrected chi connectivity index (χ3v) is 4.90. The Balaban J connectivity index is 1.49. The van der Waals surface area contributed by atoms with Crippen LogP contribution >= 0.6 is 0 Å². The molecule has 8 heteroatoms. The normalized spacial score (nSPS) is 14.4. The first-order valence-electron chi connectivity index (χ1n) is 9.65. The van der Waals surface area contributed by atoms with Crippen LogP contribution < -0.4 is 9.80 Å². The van der Waals surface area contributed by atoms with Crippen molar-refractivity contribution in [2.45, 2.75) is 19.8 Å². The lowest BCUT2D eigenvalue weighted by Crippen LogP contribution is -2.37. The zero-order valence-corrected chi connectivity index (χ0v) is 16.0. The van der Waals surface area contributed by atoms with Gasteiger partial charge in [0.05, 0.1) is 13.2 Å². The highest BCUT2D eigenvalue weighted by atomic mass is 16.5. The maximum Gasteiger partial charge on any atom is 0.227 e. The molecule has 1 saturated heterocycles. The molecule has 0 aliphatic carbocycles. The van der Waals surface area contributed by atoms with Gasteiger partial charge in [0, 0.05) is 38.2 Å². The van der Waals surface area contributed by atoms with Crippen molar-refractivity contribution < 1.29 is 9.53 Å². The van der Waals surface area contributed by atoms with Crippen LogP contribution in [0.5, 0.6) is 0 Å². The van der Waals surface area contributed by atoms with E-state index in [1.165, 1.54) is 0 Å². The SMILES string of the molecule is CCN(C(=O)CCc1nnc2ccc(N3CCOCC3)nn12)c1ccccc1. The quantitative estimate of drug-likeness (QED) is 0.651. The Labute approximate surface area is 163 Å². The van der Waals surface area contributed by atoms with Crippen LogP contribution in [0.1, 0.15) is 19.2 Å². The van der Waals surface area contributed by atoms with Gasteiger partial charge in [-0.25, -0.2) is 0 Å². The highest BCUT2D eigenvalue weighted by Gasteiger charge is 2.17. The molecule has 4 rings (SSSR count). The molecule has 1 aromatic carbocycles. The molecule has 0 saturated carbocycles. The Morgan fingerprint density at radius 1 is 1.11 bits per heavy atom. The number of nitrogens with zero attached hydrogens (tertiary/aromatic N) is 6. The molecular weight excluding hydrogens is 356 g/mol. The Kier molecular flexibility index (Phi) is 5.48. The van der Waals surface area contributed by atoms with E-state index in [0.29, 0.717) is 44.1 Å². The lowest BCUT2D eigenvalue weighted by molar-refractivity contribution is -0.118. The van der Waals surface area contributed by atoms with E-state index < -0.39 is 0 Å². The van der Waals surface area contributed by atoms with Gasteiger partial charge in [0.15, 0.2) is 11.5 Å². The first-order chi connectivity index (χ1) is 13.8. The molecule has 1 aliphatic rings. The van der Waals surface area contributed by atoms with Gasteiger partial charge < -0.3 is 14.5 Å². The van der Waals surface area contributed by atoms with E-state index in [1.54, 1.807) is 9.42 Å². The second-order valence-electron chi connectivity index (χ2n) is 6.65. The number of fused-ring (bicyclic) bond motifs is 1. The molecule has 3 aromatic rings. The predicted molar refractivity (Wildman–Crippen MR) is 107 cm³/mol. The van der Waals surface area contributed by atoms with Gasteiger partial charge in [0.2, 0.25) is 5.91 Å². The minimum atomic E-state index is 0.0646. The molecule has 0 atom stereocenters. The minimum absolute atomic E-state index is 0.0646. The Bertz CT molecular complexity index is 936. The molecule has 8 nitrogen and oxygen atoms in total. The van der Waals surface area contributed by atoms with Crippen LogP contribution in [0, 0.1) is 0 Å². The Morgan fingerprint density at radius 2 is 1.89 bits per heavy atom. The van der Waals surface area contributed by atoms with E-state index >= 15 is 0 Å². The molecule has 1 fully saturated rings. The summed E-state index contributed by atoms with van der Waals surface area (Å²) >= 11 is 0. The summed E-state index contributed by atoms with van der Waals surface area (Å²) in [6.45, 7) is 5.65. The fourth-order valence-corrected chi connectivity index (χ4v) is 3.41. The van der Waals surface area contributed by atoms with Gasteiger partial charge in [-0.3, -0.25) is 4.79 Å². The van der Waals surface area contributed by atoms with Gasteiger partial charge in [-0.15, -0.1) is 15.3 Å². The predicted octanol–water partition coefficient (Wildman–Crippen LogP) is 1.95. The number of benzene rings is 1. The highest BCUT2D eigenvalue weighted by molar-refractivity contribution is 5.93. The number of rotatable bonds is 6. The number of morpholine rings is 1. The van der Waals surface area contributed by atoms with Crippen molar-refractivity contribution in [1.82, 2.24) is 19.8 Å². The monoisotopic (exact) mass is 380 g/mol. The second kappa shape index (κ2) is 8.35. The van der Waals surface area contributed by atoms with Crippen molar-refractivity contribution in [2.75, 3.05) is 42.6 Å². The third-order valence-electron chi connectivity index (χ3n) is 4.90. The number of hydrogen-bond donors (Lipinski definition) is 0. The summed E-state index contributed by atoms with van der Waals surface area (Å²) in [5, 5.41) is 13.1. The molecular formula is C20H24N6O2. The number of hydrogen-bond acceptors (Lipinski definition) is 6. The number of carbonyl (C=O) groups is 1. The number of amides is 1. The number of carbonyl (C=O) groups excluding carboxylic acids is 1. The van der Waals surface area contributed by atoms with Crippen molar-refractivity contribution in [2.24, 2.45) is 0 Å². The summed E-state index contributed by atoms with van der Waals surface area (Å²) in [4.78, 5) is 16.7. The minimum Gasteiger partial charge on any atom is -0.378 e.